The second kappa shape index (κ2) is 6.33. The first-order valence-corrected chi connectivity index (χ1v) is 8.35. The normalized spacial score (nSPS) is 12.2. The molecule has 2 aromatic carbocycles. The van der Waals surface area contributed by atoms with Crippen LogP contribution in [0.1, 0.15) is 21.1 Å². The Bertz CT molecular complexity index is 877. The molecule has 0 bridgehead atoms. The third-order valence-corrected chi connectivity index (χ3v) is 4.46. The van der Waals surface area contributed by atoms with Crippen molar-refractivity contribution in [1.29, 1.82) is 0 Å². The molecule has 2 heterocycles. The van der Waals surface area contributed by atoms with Crippen molar-refractivity contribution in [1.82, 2.24) is 4.98 Å². The Balaban J connectivity index is 1.45. The number of carbonyl (C=O) groups excluding carboxylic acids is 1. The highest BCUT2D eigenvalue weighted by atomic mass is 32.1. The lowest BCUT2D eigenvalue weighted by atomic mass is 10.2. The first-order chi connectivity index (χ1) is 11.8. The highest BCUT2D eigenvalue weighted by molar-refractivity contribution is 7.09. The van der Waals surface area contributed by atoms with E-state index >= 15 is 0 Å². The summed E-state index contributed by atoms with van der Waals surface area (Å²) >= 11 is 1.49. The summed E-state index contributed by atoms with van der Waals surface area (Å²) in [4.78, 5) is 16.8. The minimum atomic E-state index is -0.232. The number of thiazole rings is 1. The molecule has 1 aliphatic rings. The van der Waals surface area contributed by atoms with Crippen LogP contribution in [-0.2, 0) is 6.42 Å². The number of aromatic nitrogens is 1. The van der Waals surface area contributed by atoms with Gasteiger partial charge in [-0.3, -0.25) is 4.79 Å². The van der Waals surface area contributed by atoms with Gasteiger partial charge in [0, 0.05) is 23.6 Å². The number of hydrogen-bond acceptors (Lipinski definition) is 5. The second-order valence-electron chi connectivity index (χ2n) is 5.31. The van der Waals surface area contributed by atoms with E-state index in [-0.39, 0.29) is 12.7 Å². The molecule has 5 nitrogen and oxygen atoms in total. The molecule has 1 amide bonds. The fourth-order valence-corrected chi connectivity index (χ4v) is 3.24. The van der Waals surface area contributed by atoms with Crippen molar-refractivity contribution in [2.45, 2.75) is 6.42 Å². The molecule has 0 radical (unpaired) electrons. The number of carbonyl (C=O) groups is 1. The van der Waals surface area contributed by atoms with E-state index in [0.29, 0.717) is 22.9 Å². The molecule has 1 aromatic heterocycles. The van der Waals surface area contributed by atoms with E-state index in [1.807, 2.05) is 30.3 Å². The van der Waals surface area contributed by atoms with Gasteiger partial charge in [0.25, 0.3) is 5.91 Å². The van der Waals surface area contributed by atoms with Gasteiger partial charge in [0.1, 0.15) is 5.69 Å². The van der Waals surface area contributed by atoms with E-state index in [1.54, 1.807) is 23.6 Å². The lowest BCUT2D eigenvalue weighted by Crippen LogP contribution is -2.12. The molecular formula is C18H14N2O3S. The fraction of sp³-hybridized carbons (Fsp3) is 0.111. The fourth-order valence-electron chi connectivity index (χ4n) is 2.44. The van der Waals surface area contributed by atoms with Gasteiger partial charge in [0.05, 0.1) is 5.01 Å². The van der Waals surface area contributed by atoms with E-state index in [2.05, 4.69) is 10.3 Å². The summed E-state index contributed by atoms with van der Waals surface area (Å²) < 4.78 is 10.6. The Morgan fingerprint density at radius 3 is 2.83 bits per heavy atom. The van der Waals surface area contributed by atoms with Crippen molar-refractivity contribution in [2.75, 3.05) is 12.1 Å². The van der Waals surface area contributed by atoms with Crippen LogP contribution >= 0.6 is 11.3 Å². The zero-order valence-electron chi connectivity index (χ0n) is 12.7. The largest absolute Gasteiger partial charge is 0.454 e. The second-order valence-corrected chi connectivity index (χ2v) is 6.25. The minimum absolute atomic E-state index is 0.210. The molecule has 1 aliphatic heterocycles. The molecule has 0 spiro atoms. The van der Waals surface area contributed by atoms with E-state index in [1.165, 1.54) is 16.9 Å². The first kappa shape index (κ1) is 14.7. The Morgan fingerprint density at radius 1 is 1.12 bits per heavy atom. The SMILES string of the molecule is O=C(Nc1ccc2c(c1)OCO2)c1csc(Cc2ccccc2)n1. The number of anilines is 1. The van der Waals surface area contributed by atoms with Crippen molar-refractivity contribution >= 4 is 22.9 Å². The number of nitrogens with zero attached hydrogens (tertiary/aromatic N) is 1. The molecule has 3 aromatic rings. The Labute approximate surface area is 142 Å². The van der Waals surface area contributed by atoms with Gasteiger partial charge >= 0.3 is 0 Å². The highest BCUT2D eigenvalue weighted by Crippen LogP contribution is 2.34. The maximum atomic E-state index is 12.3. The van der Waals surface area contributed by atoms with Crippen LogP contribution in [0.3, 0.4) is 0 Å². The minimum Gasteiger partial charge on any atom is -0.454 e. The Morgan fingerprint density at radius 2 is 1.96 bits per heavy atom. The quantitative estimate of drug-likeness (QED) is 0.788. The Kier molecular flexibility index (Phi) is 3.88. The third-order valence-electron chi connectivity index (χ3n) is 3.61. The smallest absolute Gasteiger partial charge is 0.275 e. The van der Waals surface area contributed by atoms with Gasteiger partial charge in [-0.25, -0.2) is 4.98 Å². The maximum absolute atomic E-state index is 12.3. The van der Waals surface area contributed by atoms with Gasteiger partial charge < -0.3 is 14.8 Å². The molecule has 6 heteroatoms. The molecule has 120 valence electrons. The summed E-state index contributed by atoms with van der Waals surface area (Å²) in [5.41, 5.74) is 2.25. The van der Waals surface area contributed by atoms with Crippen LogP contribution in [0, 0.1) is 0 Å². The summed E-state index contributed by atoms with van der Waals surface area (Å²) in [5.74, 6) is 1.09. The summed E-state index contributed by atoms with van der Waals surface area (Å²) in [5, 5.41) is 5.53. The van der Waals surface area contributed by atoms with E-state index in [0.717, 1.165) is 11.4 Å². The molecule has 0 saturated heterocycles. The van der Waals surface area contributed by atoms with Crippen molar-refractivity contribution in [3.05, 3.63) is 70.2 Å². The van der Waals surface area contributed by atoms with Crippen LogP contribution in [0.25, 0.3) is 0 Å². The lowest BCUT2D eigenvalue weighted by Gasteiger charge is -2.04. The van der Waals surface area contributed by atoms with Gasteiger partial charge in [-0.05, 0) is 17.7 Å². The number of rotatable bonds is 4. The molecule has 0 unspecified atom stereocenters. The van der Waals surface area contributed by atoms with Gasteiger partial charge in [-0.2, -0.15) is 0 Å². The summed E-state index contributed by atoms with van der Waals surface area (Å²) in [6, 6.07) is 15.4. The van der Waals surface area contributed by atoms with Crippen molar-refractivity contribution in [3.63, 3.8) is 0 Å². The van der Waals surface area contributed by atoms with Crippen LogP contribution < -0.4 is 14.8 Å². The maximum Gasteiger partial charge on any atom is 0.275 e. The molecule has 1 N–H and O–H groups in total. The zero-order chi connectivity index (χ0) is 16.4. The van der Waals surface area contributed by atoms with Gasteiger partial charge in [0.2, 0.25) is 6.79 Å². The summed E-state index contributed by atoms with van der Waals surface area (Å²) in [6.07, 6.45) is 0.725. The average Bonchev–Trinajstić information content (AvgIpc) is 3.24. The van der Waals surface area contributed by atoms with Gasteiger partial charge in [-0.15, -0.1) is 11.3 Å². The number of fused-ring (bicyclic) bond motifs is 1. The number of amides is 1. The Hall–Kier alpha value is -2.86. The van der Waals surface area contributed by atoms with Gasteiger partial charge in [-0.1, -0.05) is 30.3 Å². The summed E-state index contributed by atoms with van der Waals surface area (Å²) in [6.45, 7) is 0.210. The molecule has 4 rings (SSSR count). The summed E-state index contributed by atoms with van der Waals surface area (Å²) in [7, 11) is 0. The molecule has 24 heavy (non-hydrogen) atoms. The number of ether oxygens (including phenoxy) is 2. The van der Waals surface area contributed by atoms with Crippen LogP contribution in [0.2, 0.25) is 0 Å². The van der Waals surface area contributed by atoms with Gasteiger partial charge in [0.15, 0.2) is 11.5 Å². The van der Waals surface area contributed by atoms with E-state index in [9.17, 15) is 4.79 Å². The molecule has 0 saturated carbocycles. The van der Waals surface area contributed by atoms with E-state index in [4.69, 9.17) is 9.47 Å². The first-order valence-electron chi connectivity index (χ1n) is 7.47. The van der Waals surface area contributed by atoms with Crippen LogP contribution in [-0.4, -0.2) is 17.7 Å². The van der Waals surface area contributed by atoms with Crippen molar-refractivity contribution in [2.24, 2.45) is 0 Å². The standard InChI is InChI=1S/C18H14N2O3S/c21-18(19-13-6-7-15-16(9-13)23-11-22-15)14-10-24-17(20-14)8-12-4-2-1-3-5-12/h1-7,9-10H,8,11H2,(H,19,21). The number of nitrogens with one attached hydrogen (secondary N) is 1. The third kappa shape index (κ3) is 3.09. The zero-order valence-corrected chi connectivity index (χ0v) is 13.5. The topological polar surface area (TPSA) is 60.5 Å². The van der Waals surface area contributed by atoms with Crippen LogP contribution in [0.5, 0.6) is 11.5 Å². The van der Waals surface area contributed by atoms with Crippen LogP contribution in [0.4, 0.5) is 5.69 Å². The predicted octanol–water partition coefficient (Wildman–Crippen LogP) is 3.71. The average molecular weight is 338 g/mol. The lowest BCUT2D eigenvalue weighted by molar-refractivity contribution is 0.102. The van der Waals surface area contributed by atoms with E-state index < -0.39 is 0 Å². The monoisotopic (exact) mass is 338 g/mol. The molecule has 0 aliphatic carbocycles. The molecular weight excluding hydrogens is 324 g/mol. The highest BCUT2D eigenvalue weighted by Gasteiger charge is 2.16. The van der Waals surface area contributed by atoms with Crippen molar-refractivity contribution < 1.29 is 14.3 Å². The predicted molar refractivity (Wildman–Crippen MR) is 91.9 cm³/mol. The van der Waals surface area contributed by atoms with Crippen molar-refractivity contribution in [3.8, 4) is 11.5 Å². The van der Waals surface area contributed by atoms with Crippen LogP contribution in [0.15, 0.2) is 53.9 Å². The number of hydrogen-bond donors (Lipinski definition) is 1. The molecule has 0 atom stereocenters. The molecule has 0 fully saturated rings. The number of benzene rings is 2.